The van der Waals surface area contributed by atoms with Gasteiger partial charge in [0, 0.05) is 5.41 Å². The van der Waals surface area contributed by atoms with Crippen LogP contribution in [-0.4, -0.2) is 29.2 Å². The summed E-state index contributed by atoms with van der Waals surface area (Å²) < 4.78 is 5.80. The highest BCUT2D eigenvalue weighted by atomic mass is 16.5. The zero-order valence-electron chi connectivity index (χ0n) is 13.3. The van der Waals surface area contributed by atoms with Crippen molar-refractivity contribution in [2.45, 2.75) is 73.0 Å². The van der Waals surface area contributed by atoms with E-state index in [4.69, 9.17) is 4.74 Å². The van der Waals surface area contributed by atoms with Crippen LogP contribution in [0.25, 0.3) is 0 Å². The van der Waals surface area contributed by atoms with E-state index in [0.29, 0.717) is 0 Å². The number of carbonyl (C=O) groups is 1. The molecule has 0 amide bonds. The van der Waals surface area contributed by atoms with E-state index in [1.165, 1.54) is 0 Å². The van der Waals surface area contributed by atoms with Gasteiger partial charge in [-0.2, -0.15) is 0 Å². The highest BCUT2D eigenvalue weighted by Crippen LogP contribution is 2.43. The molecule has 3 heteroatoms. The van der Waals surface area contributed by atoms with Gasteiger partial charge < -0.3 is 14.6 Å². The third kappa shape index (κ3) is 5.49. The fourth-order valence-corrected chi connectivity index (χ4v) is 1.87. The molecule has 108 valence electrons. The lowest BCUT2D eigenvalue weighted by Crippen LogP contribution is -2.43. The molecule has 0 radical (unpaired) electrons. The fraction of sp³-hybridized carbons (Fsp3) is 0.933. The Kier molecular flexibility index (Phi) is 5.18. The first-order valence-electron chi connectivity index (χ1n) is 6.55. The first kappa shape index (κ1) is 17.6. The molecule has 0 fully saturated rings. The first-order valence-corrected chi connectivity index (χ1v) is 6.55. The van der Waals surface area contributed by atoms with E-state index >= 15 is 0 Å². The maximum atomic E-state index is 11.2. The smallest absolute Gasteiger partial charge is 0.126 e. The lowest BCUT2D eigenvalue weighted by molar-refractivity contribution is -0.131. The van der Waals surface area contributed by atoms with Crippen LogP contribution in [0.1, 0.15) is 61.8 Å². The lowest BCUT2D eigenvalue weighted by Gasteiger charge is -2.43. The van der Waals surface area contributed by atoms with Crippen LogP contribution in [0.5, 0.6) is 0 Å². The van der Waals surface area contributed by atoms with Gasteiger partial charge in [0.2, 0.25) is 0 Å². The van der Waals surface area contributed by atoms with E-state index < -0.39 is 11.0 Å². The second-order valence-electron chi connectivity index (χ2n) is 7.76. The van der Waals surface area contributed by atoms with Crippen molar-refractivity contribution in [3.63, 3.8) is 0 Å². The average molecular weight is 258 g/mol. The molecule has 0 atom stereocenters. The Balaban J connectivity index is 4.71. The number of hydrogen-bond acceptors (Lipinski definition) is 3. The largest absolute Gasteiger partial charge is 0.388 e. The predicted octanol–water partition coefficient (Wildman–Crippen LogP) is 3.19. The molecule has 0 aromatic rings. The summed E-state index contributed by atoms with van der Waals surface area (Å²) in [5, 5.41) is 9.70. The Morgan fingerprint density at radius 2 is 1.44 bits per heavy atom. The maximum absolute atomic E-state index is 11.2. The van der Waals surface area contributed by atoms with E-state index in [0.717, 1.165) is 12.7 Å². The quantitative estimate of drug-likeness (QED) is 0.713. The van der Waals surface area contributed by atoms with Gasteiger partial charge in [0.25, 0.3) is 0 Å². The molecule has 0 aromatic heterocycles. The number of hydrogen-bond donors (Lipinski definition) is 1. The van der Waals surface area contributed by atoms with Crippen molar-refractivity contribution in [1.29, 1.82) is 0 Å². The molecule has 0 aromatic carbocycles. The summed E-state index contributed by atoms with van der Waals surface area (Å²) in [4.78, 5) is 11.2. The zero-order chi connectivity index (χ0) is 14.8. The van der Waals surface area contributed by atoms with Crippen molar-refractivity contribution in [2.75, 3.05) is 6.61 Å². The third-order valence-corrected chi connectivity index (χ3v) is 3.72. The standard InChI is InChI=1S/C15H30O3/c1-12(2,13(3,4)10-16)9-15(7,8)18-11-14(5,6)17/h10,17H,9,11H2,1-8H3. The minimum Gasteiger partial charge on any atom is -0.388 e. The Bertz CT molecular complexity index is 283. The van der Waals surface area contributed by atoms with Gasteiger partial charge in [0.1, 0.15) is 6.29 Å². The highest BCUT2D eigenvalue weighted by molar-refractivity contribution is 5.59. The van der Waals surface area contributed by atoms with Gasteiger partial charge in [-0.15, -0.1) is 0 Å². The first-order chi connectivity index (χ1) is 7.72. The van der Waals surface area contributed by atoms with E-state index in [9.17, 15) is 9.90 Å². The predicted molar refractivity (Wildman–Crippen MR) is 74.6 cm³/mol. The highest BCUT2D eigenvalue weighted by Gasteiger charge is 2.41. The van der Waals surface area contributed by atoms with Crippen LogP contribution in [0.2, 0.25) is 0 Å². The van der Waals surface area contributed by atoms with Gasteiger partial charge in [-0.25, -0.2) is 0 Å². The molecule has 0 aliphatic carbocycles. The summed E-state index contributed by atoms with van der Waals surface area (Å²) in [5.41, 5.74) is -1.77. The van der Waals surface area contributed by atoms with Crippen LogP contribution in [0, 0.1) is 10.8 Å². The van der Waals surface area contributed by atoms with E-state index in [1.54, 1.807) is 13.8 Å². The molecule has 0 rings (SSSR count). The number of aliphatic hydroxyl groups is 1. The van der Waals surface area contributed by atoms with Crippen molar-refractivity contribution < 1.29 is 14.6 Å². The van der Waals surface area contributed by atoms with Crippen LogP contribution in [-0.2, 0) is 9.53 Å². The lowest BCUT2D eigenvalue weighted by atomic mass is 9.64. The number of rotatable bonds is 7. The molecule has 1 N–H and O–H groups in total. The summed E-state index contributed by atoms with van der Waals surface area (Å²) in [6.07, 6.45) is 1.76. The molecule has 0 bridgehead atoms. The van der Waals surface area contributed by atoms with Crippen LogP contribution >= 0.6 is 0 Å². The van der Waals surface area contributed by atoms with Gasteiger partial charge in [-0.05, 0) is 39.5 Å². The number of ether oxygens (including phenoxy) is 1. The van der Waals surface area contributed by atoms with E-state index in [1.807, 2.05) is 27.7 Å². The second kappa shape index (κ2) is 5.30. The molecule has 0 aliphatic rings. The second-order valence-corrected chi connectivity index (χ2v) is 7.76. The van der Waals surface area contributed by atoms with Crippen LogP contribution in [0.3, 0.4) is 0 Å². The molecular weight excluding hydrogens is 228 g/mol. The average Bonchev–Trinajstić information content (AvgIpc) is 2.12. The zero-order valence-corrected chi connectivity index (χ0v) is 13.3. The van der Waals surface area contributed by atoms with E-state index in [-0.39, 0.29) is 17.6 Å². The molecule has 3 nitrogen and oxygen atoms in total. The van der Waals surface area contributed by atoms with Crippen molar-refractivity contribution in [3.8, 4) is 0 Å². The van der Waals surface area contributed by atoms with Crippen molar-refractivity contribution in [1.82, 2.24) is 0 Å². The van der Waals surface area contributed by atoms with Crippen LogP contribution in [0.15, 0.2) is 0 Å². The molecule has 0 spiro atoms. The Morgan fingerprint density at radius 3 is 1.78 bits per heavy atom. The normalized spacial score (nSPS) is 14.7. The Morgan fingerprint density at radius 1 is 1.00 bits per heavy atom. The summed E-state index contributed by atoms with van der Waals surface area (Å²) in [7, 11) is 0. The summed E-state index contributed by atoms with van der Waals surface area (Å²) in [6, 6.07) is 0. The summed E-state index contributed by atoms with van der Waals surface area (Å²) in [6.45, 7) is 15.8. The van der Waals surface area contributed by atoms with Crippen LogP contribution < -0.4 is 0 Å². The molecule has 0 unspecified atom stereocenters. The van der Waals surface area contributed by atoms with Crippen LogP contribution in [0.4, 0.5) is 0 Å². The molecular formula is C15H30O3. The topological polar surface area (TPSA) is 46.5 Å². The molecule has 0 aliphatic heterocycles. The van der Waals surface area contributed by atoms with Crippen molar-refractivity contribution >= 4 is 6.29 Å². The van der Waals surface area contributed by atoms with E-state index in [2.05, 4.69) is 13.8 Å². The molecule has 0 heterocycles. The summed E-state index contributed by atoms with van der Waals surface area (Å²) in [5.74, 6) is 0. The summed E-state index contributed by atoms with van der Waals surface area (Å²) >= 11 is 0. The molecule has 0 saturated carbocycles. The third-order valence-electron chi connectivity index (χ3n) is 3.72. The monoisotopic (exact) mass is 258 g/mol. The van der Waals surface area contributed by atoms with Gasteiger partial charge >= 0.3 is 0 Å². The SMILES string of the molecule is CC(C)(O)COC(C)(C)CC(C)(C)C(C)(C)C=O. The number of aldehydes is 1. The van der Waals surface area contributed by atoms with Gasteiger partial charge in [0.15, 0.2) is 0 Å². The minimum atomic E-state index is -0.832. The van der Waals surface area contributed by atoms with Gasteiger partial charge in [-0.3, -0.25) is 0 Å². The molecule has 0 saturated heterocycles. The van der Waals surface area contributed by atoms with Crippen molar-refractivity contribution in [3.05, 3.63) is 0 Å². The fourth-order valence-electron chi connectivity index (χ4n) is 1.87. The minimum absolute atomic E-state index is 0.169. The maximum Gasteiger partial charge on any atom is 0.126 e. The van der Waals surface area contributed by atoms with Gasteiger partial charge in [-0.1, -0.05) is 27.7 Å². The number of carbonyl (C=O) groups excluding carboxylic acids is 1. The molecule has 18 heavy (non-hydrogen) atoms. The van der Waals surface area contributed by atoms with Gasteiger partial charge in [0.05, 0.1) is 17.8 Å². The Labute approximate surface area is 112 Å². The Hall–Kier alpha value is -0.410. The van der Waals surface area contributed by atoms with Crippen molar-refractivity contribution in [2.24, 2.45) is 10.8 Å².